The lowest BCUT2D eigenvalue weighted by Gasteiger charge is -2.28. The van der Waals surface area contributed by atoms with Crippen molar-refractivity contribution < 1.29 is 14.7 Å². The molecule has 5 heteroatoms. The van der Waals surface area contributed by atoms with Crippen molar-refractivity contribution in [1.29, 1.82) is 0 Å². The van der Waals surface area contributed by atoms with Crippen LogP contribution in [0.3, 0.4) is 0 Å². The Balaban J connectivity index is 1.76. The molecule has 0 aliphatic carbocycles. The van der Waals surface area contributed by atoms with Gasteiger partial charge in [0, 0.05) is 15.6 Å². The fraction of sp³-hybridized carbons (Fsp3) is 0.0370. The van der Waals surface area contributed by atoms with E-state index in [-0.39, 0.29) is 5.78 Å². The molecule has 1 amide bonds. The van der Waals surface area contributed by atoms with Gasteiger partial charge in [0.1, 0.15) is 0 Å². The van der Waals surface area contributed by atoms with Crippen LogP contribution in [0.2, 0.25) is 0 Å². The van der Waals surface area contributed by atoms with Crippen molar-refractivity contribution >= 4 is 33.3 Å². The third-order valence-corrected chi connectivity index (χ3v) is 5.72. The highest BCUT2D eigenvalue weighted by Crippen LogP contribution is 2.32. The smallest absolute Gasteiger partial charge is 0.265 e. The van der Waals surface area contributed by atoms with Gasteiger partial charge in [0.15, 0.2) is 11.4 Å². The maximum Gasteiger partial charge on any atom is 0.265 e. The van der Waals surface area contributed by atoms with Crippen molar-refractivity contribution in [2.45, 2.75) is 5.60 Å². The number of carbonyl (C=O) groups is 2. The molecule has 0 unspecified atom stereocenters. The second-order valence-electron chi connectivity index (χ2n) is 7.28. The molecule has 0 fully saturated rings. The molecule has 32 heavy (non-hydrogen) atoms. The molecule has 0 radical (unpaired) electrons. The molecule has 0 aliphatic rings. The lowest BCUT2D eigenvalue weighted by Crippen LogP contribution is -2.41. The highest BCUT2D eigenvalue weighted by Gasteiger charge is 2.40. The first-order valence-electron chi connectivity index (χ1n) is 10.0. The lowest BCUT2D eigenvalue weighted by atomic mass is 9.85. The van der Waals surface area contributed by atoms with Crippen LogP contribution in [0, 0.1) is 0 Å². The molecule has 0 atom stereocenters. The van der Waals surface area contributed by atoms with E-state index in [0.717, 1.165) is 0 Å². The first kappa shape index (κ1) is 21.7. The average molecular weight is 486 g/mol. The molecule has 0 bridgehead atoms. The Labute approximate surface area is 194 Å². The zero-order valence-electron chi connectivity index (χ0n) is 17.0. The number of rotatable bonds is 6. The van der Waals surface area contributed by atoms with Crippen LogP contribution in [0.1, 0.15) is 27.0 Å². The van der Waals surface area contributed by atoms with Crippen LogP contribution in [0.5, 0.6) is 0 Å². The highest BCUT2D eigenvalue weighted by atomic mass is 79.9. The van der Waals surface area contributed by atoms with E-state index in [4.69, 9.17) is 0 Å². The number of aliphatic hydroxyl groups is 1. The maximum absolute atomic E-state index is 13.5. The second-order valence-corrected chi connectivity index (χ2v) is 8.20. The van der Waals surface area contributed by atoms with Crippen LogP contribution in [0.4, 0.5) is 5.69 Å². The number of ketones is 1. The van der Waals surface area contributed by atoms with Crippen molar-refractivity contribution in [1.82, 2.24) is 0 Å². The third-order valence-electron chi connectivity index (χ3n) is 5.22. The van der Waals surface area contributed by atoms with E-state index in [1.807, 2.05) is 18.2 Å². The molecule has 4 aromatic rings. The zero-order chi connectivity index (χ0) is 22.6. The summed E-state index contributed by atoms with van der Waals surface area (Å²) in [5, 5.41) is 14.5. The predicted molar refractivity (Wildman–Crippen MR) is 129 cm³/mol. The number of halogens is 1. The third kappa shape index (κ3) is 4.26. The summed E-state index contributed by atoms with van der Waals surface area (Å²) in [6, 6.07) is 31.4. The minimum Gasteiger partial charge on any atom is -0.372 e. The van der Waals surface area contributed by atoms with Crippen LogP contribution >= 0.6 is 15.9 Å². The number of amides is 1. The predicted octanol–water partition coefficient (Wildman–Crippen LogP) is 5.55. The number of anilines is 1. The van der Waals surface area contributed by atoms with E-state index < -0.39 is 11.5 Å². The average Bonchev–Trinajstić information content (AvgIpc) is 2.85. The summed E-state index contributed by atoms with van der Waals surface area (Å²) >= 11 is 3.40. The number of hydrogen-bond acceptors (Lipinski definition) is 3. The summed E-state index contributed by atoms with van der Waals surface area (Å²) in [6.45, 7) is 0. The van der Waals surface area contributed by atoms with Crippen LogP contribution in [-0.4, -0.2) is 16.8 Å². The van der Waals surface area contributed by atoms with Gasteiger partial charge in [-0.2, -0.15) is 0 Å². The summed E-state index contributed by atoms with van der Waals surface area (Å²) in [5.41, 5.74) is 0.0542. The van der Waals surface area contributed by atoms with Gasteiger partial charge in [-0.25, -0.2) is 0 Å². The molecule has 0 aliphatic heterocycles. The molecular formula is C27H20BrNO3. The van der Waals surface area contributed by atoms with E-state index >= 15 is 0 Å². The van der Waals surface area contributed by atoms with Gasteiger partial charge in [0.25, 0.3) is 5.91 Å². The monoisotopic (exact) mass is 485 g/mol. The molecule has 158 valence electrons. The Morgan fingerprint density at radius 1 is 0.719 bits per heavy atom. The van der Waals surface area contributed by atoms with Crippen molar-refractivity contribution in [3.8, 4) is 0 Å². The molecule has 0 heterocycles. The Morgan fingerprint density at radius 2 is 1.22 bits per heavy atom. The molecule has 0 saturated carbocycles. The number of benzene rings is 4. The van der Waals surface area contributed by atoms with E-state index in [0.29, 0.717) is 32.4 Å². The van der Waals surface area contributed by atoms with Gasteiger partial charge in [0.2, 0.25) is 0 Å². The summed E-state index contributed by atoms with van der Waals surface area (Å²) in [4.78, 5) is 26.7. The quantitative estimate of drug-likeness (QED) is 0.351. The maximum atomic E-state index is 13.5. The van der Waals surface area contributed by atoms with E-state index in [1.54, 1.807) is 91.0 Å². The van der Waals surface area contributed by atoms with Crippen molar-refractivity contribution in [2.75, 3.05) is 5.32 Å². The highest BCUT2D eigenvalue weighted by molar-refractivity contribution is 9.10. The largest absolute Gasteiger partial charge is 0.372 e. The topological polar surface area (TPSA) is 66.4 Å². The fourth-order valence-electron chi connectivity index (χ4n) is 3.56. The van der Waals surface area contributed by atoms with Crippen LogP contribution < -0.4 is 5.32 Å². The molecule has 0 aromatic heterocycles. The van der Waals surface area contributed by atoms with Gasteiger partial charge in [-0.15, -0.1) is 0 Å². The number of nitrogens with one attached hydrogen (secondary N) is 1. The fourth-order valence-corrected chi connectivity index (χ4v) is 3.92. The Kier molecular flexibility index (Phi) is 6.30. The van der Waals surface area contributed by atoms with E-state index in [2.05, 4.69) is 21.2 Å². The Hall–Kier alpha value is -3.54. The van der Waals surface area contributed by atoms with Gasteiger partial charge in [-0.1, -0.05) is 107 Å². The summed E-state index contributed by atoms with van der Waals surface area (Å²) in [6.07, 6.45) is 0. The summed E-state index contributed by atoms with van der Waals surface area (Å²) in [7, 11) is 0. The second kappa shape index (κ2) is 9.30. The van der Waals surface area contributed by atoms with Crippen LogP contribution in [0.15, 0.2) is 114 Å². The minimum absolute atomic E-state index is 0.231. The Morgan fingerprint density at radius 3 is 1.75 bits per heavy atom. The van der Waals surface area contributed by atoms with Gasteiger partial charge >= 0.3 is 0 Å². The van der Waals surface area contributed by atoms with Crippen molar-refractivity contribution in [3.05, 3.63) is 136 Å². The Bertz CT molecular complexity index is 1200. The van der Waals surface area contributed by atoms with Gasteiger partial charge < -0.3 is 10.4 Å². The van der Waals surface area contributed by atoms with Gasteiger partial charge in [-0.3, -0.25) is 9.59 Å². The van der Waals surface area contributed by atoms with E-state index in [1.165, 1.54) is 0 Å². The molecule has 4 aromatic carbocycles. The van der Waals surface area contributed by atoms with Crippen molar-refractivity contribution in [3.63, 3.8) is 0 Å². The molecular weight excluding hydrogens is 466 g/mol. The molecule has 2 N–H and O–H groups in total. The molecule has 0 spiro atoms. The van der Waals surface area contributed by atoms with Crippen LogP contribution in [-0.2, 0) is 10.4 Å². The first-order chi connectivity index (χ1) is 15.5. The summed E-state index contributed by atoms with van der Waals surface area (Å²) < 4.78 is 0.705. The van der Waals surface area contributed by atoms with Gasteiger partial charge in [0.05, 0.1) is 5.69 Å². The molecule has 4 rings (SSSR count). The first-order valence-corrected chi connectivity index (χ1v) is 10.8. The van der Waals surface area contributed by atoms with Crippen molar-refractivity contribution in [2.24, 2.45) is 0 Å². The van der Waals surface area contributed by atoms with Crippen LogP contribution in [0.25, 0.3) is 0 Å². The molecule has 0 saturated heterocycles. The lowest BCUT2D eigenvalue weighted by molar-refractivity contribution is -0.131. The van der Waals surface area contributed by atoms with E-state index in [9.17, 15) is 14.7 Å². The van der Waals surface area contributed by atoms with Gasteiger partial charge in [-0.05, 0) is 29.3 Å². The summed E-state index contributed by atoms with van der Waals surface area (Å²) in [5.74, 6) is -0.885. The standard InChI is InChI=1S/C27H20BrNO3/c28-22-16-17-24(23(18-22)25(30)19-10-4-1-5-11-19)29-26(31)27(32,20-12-6-2-7-13-20)21-14-8-3-9-15-21/h1-18,32H,(H,29,31). The SMILES string of the molecule is O=C(c1ccccc1)c1cc(Br)ccc1NC(=O)C(O)(c1ccccc1)c1ccccc1. The molecule has 4 nitrogen and oxygen atoms in total. The zero-order valence-corrected chi connectivity index (χ0v) is 18.6. The normalized spacial score (nSPS) is 11.1. The number of hydrogen-bond donors (Lipinski definition) is 2. The minimum atomic E-state index is -1.94. The number of carbonyl (C=O) groups excluding carboxylic acids is 2.